The second kappa shape index (κ2) is 6.44. The quantitative estimate of drug-likeness (QED) is 0.407. The lowest BCUT2D eigenvalue weighted by molar-refractivity contribution is -0.117. The third-order valence-electron chi connectivity index (χ3n) is 3.55. The van der Waals surface area contributed by atoms with Gasteiger partial charge in [0.05, 0.1) is 16.1 Å². The van der Waals surface area contributed by atoms with Crippen LogP contribution in [-0.4, -0.2) is 64.1 Å². The number of hydrogen-bond donors (Lipinski definition) is 2. The number of carbonyl (C=O) groups excluding carboxylic acids is 1. The Bertz CT molecular complexity index is 516. The average molecular weight is 424 g/mol. The Balaban J connectivity index is 2.06. The summed E-state index contributed by atoms with van der Waals surface area (Å²) < 4.78 is 5.93. The predicted octanol–water partition coefficient (Wildman–Crippen LogP) is 1.39. The van der Waals surface area contributed by atoms with Crippen molar-refractivity contribution in [2.45, 2.75) is 28.8 Å². The van der Waals surface area contributed by atoms with E-state index in [1.165, 1.54) is 6.08 Å². The highest BCUT2D eigenvalue weighted by Gasteiger charge is 2.45. The number of aliphatic hydroxyl groups excluding tert-OH is 1. The van der Waals surface area contributed by atoms with Gasteiger partial charge in [0.1, 0.15) is 12.0 Å². The van der Waals surface area contributed by atoms with Crippen LogP contribution in [0.15, 0.2) is 24.7 Å². The minimum Gasteiger partial charge on any atom is -0.389 e. The fourth-order valence-corrected chi connectivity index (χ4v) is 4.30. The minimum atomic E-state index is -1.13. The zero-order valence-electron chi connectivity index (χ0n) is 12.3. The molecule has 0 aromatic carbocycles. The summed E-state index contributed by atoms with van der Waals surface area (Å²) in [5, 5.41) is 13.0. The van der Waals surface area contributed by atoms with Crippen molar-refractivity contribution in [1.82, 2.24) is 10.2 Å². The third-order valence-corrected chi connectivity index (χ3v) is 6.37. The number of nitrogens with zero attached hydrogens (tertiary/aromatic N) is 1. The number of ether oxygens (including phenoxy) is 1. The molecule has 0 saturated carbocycles. The molecular weight excluding hydrogens is 402 g/mol. The van der Waals surface area contributed by atoms with Crippen LogP contribution >= 0.6 is 29.5 Å². The van der Waals surface area contributed by atoms with E-state index >= 15 is 0 Å². The third kappa shape index (κ3) is 4.12. The highest BCUT2D eigenvalue weighted by Crippen LogP contribution is 2.40. The summed E-state index contributed by atoms with van der Waals surface area (Å²) in [5.74, 6) is 0.284. The van der Waals surface area contributed by atoms with E-state index in [1.54, 1.807) is 11.1 Å². The largest absolute Gasteiger partial charge is 0.389 e. The van der Waals surface area contributed by atoms with Gasteiger partial charge in [-0.2, -0.15) is 0 Å². The summed E-state index contributed by atoms with van der Waals surface area (Å²) >= 11 is 2.20. The van der Waals surface area contributed by atoms with Crippen molar-refractivity contribution in [3.8, 4) is 0 Å². The second-order valence-corrected chi connectivity index (χ2v) is 11.9. The lowest BCUT2D eigenvalue weighted by Crippen LogP contribution is -2.44. The van der Waals surface area contributed by atoms with E-state index in [0.29, 0.717) is 5.82 Å². The number of aliphatic hydroxyl groups is 1. The lowest BCUT2D eigenvalue weighted by atomic mass is 10.1. The lowest BCUT2D eigenvalue weighted by Gasteiger charge is -2.32. The summed E-state index contributed by atoms with van der Waals surface area (Å²) in [6.07, 6.45) is 8.03. The number of amides is 1. The molecule has 1 fully saturated rings. The number of rotatable bonds is 4. The predicted molar refractivity (Wildman–Crippen MR) is 96.1 cm³/mol. The van der Waals surface area contributed by atoms with Crippen molar-refractivity contribution in [2.24, 2.45) is 0 Å². The summed E-state index contributed by atoms with van der Waals surface area (Å²) in [6, 6.07) is 0. The molecular formula is C14H22IN2O3P. The van der Waals surface area contributed by atoms with E-state index in [0.717, 1.165) is 12.6 Å². The first-order valence-corrected chi connectivity index (χ1v) is 11.1. The van der Waals surface area contributed by atoms with Crippen LogP contribution in [0.2, 0.25) is 0 Å². The van der Waals surface area contributed by atoms with E-state index in [4.69, 9.17) is 4.74 Å². The van der Waals surface area contributed by atoms with E-state index in [9.17, 15) is 9.90 Å². The topological polar surface area (TPSA) is 61.8 Å². The Morgan fingerprint density at radius 2 is 2.24 bits per heavy atom. The van der Waals surface area contributed by atoms with Crippen LogP contribution in [0.4, 0.5) is 0 Å². The van der Waals surface area contributed by atoms with Gasteiger partial charge in [0, 0.05) is 12.3 Å². The molecule has 0 aromatic rings. The maximum atomic E-state index is 11.3. The minimum absolute atomic E-state index is 0.0877. The molecule has 1 unspecified atom stereocenters. The second-order valence-electron chi connectivity index (χ2n) is 6.11. The molecule has 118 valence electrons. The molecule has 2 aliphatic rings. The first-order valence-electron chi connectivity index (χ1n) is 6.80. The van der Waals surface area contributed by atoms with Crippen LogP contribution in [0, 0.1) is 0 Å². The zero-order valence-corrected chi connectivity index (χ0v) is 15.4. The molecule has 21 heavy (non-hydrogen) atoms. The van der Waals surface area contributed by atoms with Gasteiger partial charge in [0.2, 0.25) is 0 Å². The van der Waals surface area contributed by atoms with Gasteiger partial charge in [0.15, 0.2) is 0 Å². The number of halogens is 1. The number of hydrogen-bond acceptors (Lipinski definition) is 4. The van der Waals surface area contributed by atoms with Gasteiger partial charge in [-0.05, 0) is 25.9 Å². The van der Waals surface area contributed by atoms with Gasteiger partial charge >= 0.3 is 0 Å². The molecule has 0 bridgehead atoms. The van der Waals surface area contributed by atoms with E-state index in [2.05, 4.69) is 54.1 Å². The maximum absolute atomic E-state index is 11.3. The summed E-state index contributed by atoms with van der Waals surface area (Å²) in [7, 11) is 0. The monoisotopic (exact) mass is 424 g/mol. The van der Waals surface area contributed by atoms with E-state index in [-0.39, 0.29) is 22.2 Å². The van der Waals surface area contributed by atoms with Crippen molar-refractivity contribution < 1.29 is 14.6 Å². The molecule has 2 rings (SSSR count). The molecule has 4 atom stereocenters. The number of carbonyl (C=O) groups is 1. The fourth-order valence-electron chi connectivity index (χ4n) is 2.37. The Morgan fingerprint density at radius 3 is 2.81 bits per heavy atom. The Kier molecular flexibility index (Phi) is 5.23. The molecule has 1 saturated heterocycles. The standard InChI is InChI=1S/C14H22IN2O3P/c1-9-16-11(18)5-7-17(9)14-12(15)13(19)10(20-14)6-8-21(2,3)4/h5,7,10,12-14,19H,1-2,6,8H2,3-4H3,(H,16,18)/t10?,12-,13-,14-/m1/s1. The Morgan fingerprint density at radius 1 is 1.57 bits per heavy atom. The molecule has 5 nitrogen and oxygen atoms in total. The average Bonchev–Trinajstić information content (AvgIpc) is 2.64. The number of nitrogens with one attached hydrogen (secondary N) is 1. The molecule has 0 aromatic heterocycles. The van der Waals surface area contributed by atoms with Gasteiger partial charge in [-0.3, -0.25) is 4.79 Å². The van der Waals surface area contributed by atoms with Crippen LogP contribution in [-0.2, 0) is 9.53 Å². The molecule has 2 aliphatic heterocycles. The molecule has 7 heteroatoms. The van der Waals surface area contributed by atoms with Crippen LogP contribution < -0.4 is 5.32 Å². The molecule has 0 radical (unpaired) electrons. The SMILES string of the molecule is C=C1NC(=O)C=CN1[C@@H]1OC(CCP(=C)(C)C)[C@@H](O)[C@H]1I. The summed E-state index contributed by atoms with van der Waals surface area (Å²) in [4.78, 5) is 13.0. The van der Waals surface area contributed by atoms with Crippen molar-refractivity contribution in [1.29, 1.82) is 0 Å². The molecule has 0 aliphatic carbocycles. The summed E-state index contributed by atoms with van der Waals surface area (Å²) in [6.45, 7) is 7.06. The van der Waals surface area contributed by atoms with Crippen LogP contribution in [0.5, 0.6) is 0 Å². The Labute approximate surface area is 139 Å². The smallest absolute Gasteiger partial charge is 0.250 e. The first-order chi connectivity index (χ1) is 9.69. The van der Waals surface area contributed by atoms with Crippen molar-refractivity contribution in [3.63, 3.8) is 0 Å². The molecule has 2 N–H and O–H groups in total. The Hall–Kier alpha value is -0.300. The molecule has 1 amide bonds. The van der Waals surface area contributed by atoms with Gasteiger partial charge in [0.25, 0.3) is 5.91 Å². The van der Waals surface area contributed by atoms with Gasteiger partial charge < -0.3 is 20.1 Å². The first kappa shape index (κ1) is 17.1. The normalized spacial score (nSPS) is 33.4. The highest BCUT2D eigenvalue weighted by atomic mass is 127. The van der Waals surface area contributed by atoms with Crippen molar-refractivity contribution >= 4 is 41.7 Å². The van der Waals surface area contributed by atoms with Crippen molar-refractivity contribution in [2.75, 3.05) is 19.5 Å². The zero-order chi connectivity index (χ0) is 15.8. The van der Waals surface area contributed by atoms with E-state index < -0.39 is 13.0 Å². The van der Waals surface area contributed by atoms with Crippen LogP contribution in [0.1, 0.15) is 6.42 Å². The molecule has 2 heterocycles. The maximum Gasteiger partial charge on any atom is 0.250 e. The molecule has 0 spiro atoms. The van der Waals surface area contributed by atoms with Gasteiger partial charge in [-0.1, -0.05) is 29.2 Å². The van der Waals surface area contributed by atoms with Crippen LogP contribution in [0.3, 0.4) is 0 Å². The number of alkyl halides is 1. The van der Waals surface area contributed by atoms with Crippen LogP contribution in [0.25, 0.3) is 0 Å². The fraction of sp³-hybridized carbons (Fsp3) is 0.571. The highest BCUT2D eigenvalue weighted by molar-refractivity contribution is 14.1. The van der Waals surface area contributed by atoms with Gasteiger partial charge in [-0.15, -0.1) is 13.2 Å². The summed E-state index contributed by atoms with van der Waals surface area (Å²) in [5.41, 5.74) is 0. The van der Waals surface area contributed by atoms with Gasteiger partial charge in [-0.25, -0.2) is 0 Å². The van der Waals surface area contributed by atoms with E-state index in [1.807, 2.05) is 0 Å². The van der Waals surface area contributed by atoms with Crippen molar-refractivity contribution in [3.05, 3.63) is 24.7 Å².